The van der Waals surface area contributed by atoms with E-state index in [1.54, 1.807) is 25.6 Å². The smallest absolute Gasteiger partial charge is 0.251 e. The molecule has 5 aromatic rings. The number of aromatic nitrogens is 5. The number of aromatic amines is 1. The lowest BCUT2D eigenvalue weighted by Gasteiger charge is -2.08. The van der Waals surface area contributed by atoms with E-state index in [2.05, 4.69) is 25.3 Å². The van der Waals surface area contributed by atoms with Crippen LogP contribution in [0.25, 0.3) is 22.1 Å². The van der Waals surface area contributed by atoms with Crippen LogP contribution in [-0.2, 0) is 13.1 Å². The maximum atomic E-state index is 12.7. The molecule has 0 aliphatic heterocycles. The first kappa shape index (κ1) is 21.7. The van der Waals surface area contributed by atoms with E-state index >= 15 is 0 Å². The fourth-order valence-corrected chi connectivity index (χ4v) is 4.24. The molecule has 0 aliphatic carbocycles. The summed E-state index contributed by atoms with van der Waals surface area (Å²) in [6.45, 7) is 2.75. The van der Waals surface area contributed by atoms with E-state index in [-0.39, 0.29) is 5.91 Å². The zero-order valence-electron chi connectivity index (χ0n) is 18.6. The second-order valence-electron chi connectivity index (χ2n) is 7.99. The Bertz CT molecular complexity index is 1540. The fraction of sp³-hybridized carbons (Fsp3) is 0.167. The number of nitrogen functional groups attached to an aromatic ring is 1. The van der Waals surface area contributed by atoms with Gasteiger partial charge in [-0.25, -0.2) is 15.0 Å². The standard InChI is InChI=1S/C24H22ClN7O2/c1-13-3-4-14(8-19(13)34-2)24(33)27-9-18-7-15-5-17(25)6-16(20(15)31-18)10-32-12-30-21-22(26)28-11-29-23(21)32/h3-8,11-12,31H,9-10H2,1-2H3,(H,27,33)(H2,26,28,29). The summed E-state index contributed by atoms with van der Waals surface area (Å²) in [6, 6.07) is 11.1. The highest BCUT2D eigenvalue weighted by atomic mass is 35.5. The van der Waals surface area contributed by atoms with Gasteiger partial charge in [0.25, 0.3) is 5.91 Å². The minimum atomic E-state index is -0.183. The molecule has 0 aliphatic rings. The van der Waals surface area contributed by atoms with Crippen LogP contribution in [0.3, 0.4) is 0 Å². The molecule has 0 atom stereocenters. The zero-order valence-corrected chi connectivity index (χ0v) is 19.3. The number of nitrogens with zero attached hydrogens (tertiary/aromatic N) is 4. The largest absolute Gasteiger partial charge is 0.496 e. The van der Waals surface area contributed by atoms with Gasteiger partial charge in [-0.05, 0) is 48.4 Å². The van der Waals surface area contributed by atoms with Gasteiger partial charge in [0.15, 0.2) is 11.5 Å². The molecule has 0 fully saturated rings. The number of nitrogens with two attached hydrogens (primary N) is 1. The second-order valence-corrected chi connectivity index (χ2v) is 8.43. The van der Waals surface area contributed by atoms with Crippen molar-refractivity contribution in [3.63, 3.8) is 0 Å². The van der Waals surface area contributed by atoms with Crippen LogP contribution in [-0.4, -0.2) is 37.5 Å². The molecule has 0 bridgehead atoms. The van der Waals surface area contributed by atoms with E-state index in [1.807, 2.05) is 35.8 Å². The van der Waals surface area contributed by atoms with Gasteiger partial charge < -0.3 is 25.3 Å². The molecule has 0 saturated heterocycles. The number of carbonyl (C=O) groups excluding carboxylic acids is 1. The van der Waals surface area contributed by atoms with Gasteiger partial charge in [-0.2, -0.15) is 0 Å². The van der Waals surface area contributed by atoms with Crippen LogP contribution in [0.15, 0.2) is 49.1 Å². The molecule has 9 nitrogen and oxygen atoms in total. The second kappa shape index (κ2) is 8.68. The van der Waals surface area contributed by atoms with Crippen LogP contribution in [0.1, 0.15) is 27.2 Å². The van der Waals surface area contributed by atoms with Crippen LogP contribution in [0, 0.1) is 6.92 Å². The third-order valence-corrected chi connectivity index (χ3v) is 5.93. The zero-order chi connectivity index (χ0) is 23.8. The van der Waals surface area contributed by atoms with E-state index in [1.165, 1.54) is 6.33 Å². The molecule has 4 N–H and O–H groups in total. The van der Waals surface area contributed by atoms with Crippen molar-refractivity contribution in [3.05, 3.63) is 76.5 Å². The first-order chi connectivity index (χ1) is 16.4. The average molecular weight is 476 g/mol. The molecular weight excluding hydrogens is 454 g/mol. The topological polar surface area (TPSA) is 124 Å². The SMILES string of the molecule is COc1cc(C(=O)NCc2cc3cc(Cl)cc(Cn4cnc5c(N)ncnc54)c3[nH]2)ccc1C. The molecule has 3 heterocycles. The highest BCUT2D eigenvalue weighted by molar-refractivity contribution is 6.31. The van der Waals surface area contributed by atoms with Crippen molar-refractivity contribution in [2.75, 3.05) is 12.8 Å². The maximum absolute atomic E-state index is 12.7. The molecule has 1 amide bonds. The number of H-pyrrole nitrogens is 1. The Morgan fingerprint density at radius 1 is 1.21 bits per heavy atom. The van der Waals surface area contributed by atoms with E-state index in [4.69, 9.17) is 22.1 Å². The Labute approximate surface area is 199 Å². The van der Waals surface area contributed by atoms with Crippen molar-refractivity contribution in [2.24, 2.45) is 0 Å². The molecule has 34 heavy (non-hydrogen) atoms. The normalized spacial score (nSPS) is 11.3. The third-order valence-electron chi connectivity index (χ3n) is 5.71. The Kier molecular flexibility index (Phi) is 5.54. The summed E-state index contributed by atoms with van der Waals surface area (Å²) in [5.41, 5.74) is 11.4. The molecule has 3 aromatic heterocycles. The van der Waals surface area contributed by atoms with Gasteiger partial charge in [-0.3, -0.25) is 4.79 Å². The molecule has 0 saturated carbocycles. The van der Waals surface area contributed by atoms with Crippen molar-refractivity contribution in [3.8, 4) is 5.75 Å². The summed E-state index contributed by atoms with van der Waals surface area (Å²) in [7, 11) is 1.59. The number of fused-ring (bicyclic) bond motifs is 2. The molecule has 0 unspecified atom stereocenters. The van der Waals surface area contributed by atoms with Crippen molar-refractivity contribution in [2.45, 2.75) is 20.0 Å². The number of rotatable bonds is 6. The lowest BCUT2D eigenvalue weighted by atomic mass is 10.1. The number of imidazole rings is 1. The van der Waals surface area contributed by atoms with Crippen LogP contribution >= 0.6 is 11.6 Å². The Hall–Kier alpha value is -4.11. The minimum Gasteiger partial charge on any atom is -0.496 e. The molecule has 5 rings (SSSR count). The first-order valence-corrected chi connectivity index (χ1v) is 10.9. The number of hydrogen-bond acceptors (Lipinski definition) is 6. The Balaban J connectivity index is 1.40. The quantitative estimate of drug-likeness (QED) is 0.343. The van der Waals surface area contributed by atoms with Gasteiger partial charge in [0.05, 0.1) is 32.0 Å². The lowest BCUT2D eigenvalue weighted by Crippen LogP contribution is -2.23. The summed E-state index contributed by atoms with van der Waals surface area (Å²) in [4.78, 5) is 28.7. The molecular formula is C24H22ClN7O2. The van der Waals surface area contributed by atoms with Gasteiger partial charge in [-0.1, -0.05) is 17.7 Å². The van der Waals surface area contributed by atoms with Crippen LogP contribution in [0.5, 0.6) is 5.75 Å². The number of carbonyl (C=O) groups is 1. The Morgan fingerprint density at radius 3 is 2.88 bits per heavy atom. The molecule has 10 heteroatoms. The molecule has 0 spiro atoms. The van der Waals surface area contributed by atoms with Crippen LogP contribution < -0.4 is 15.8 Å². The summed E-state index contributed by atoms with van der Waals surface area (Å²) in [5, 5.41) is 4.51. The summed E-state index contributed by atoms with van der Waals surface area (Å²) in [5.74, 6) is 0.832. The number of aryl methyl sites for hydroxylation is 1. The maximum Gasteiger partial charge on any atom is 0.251 e. The number of benzene rings is 2. The van der Waals surface area contributed by atoms with Gasteiger partial charge in [0, 0.05) is 21.7 Å². The number of nitrogens with one attached hydrogen (secondary N) is 2. The summed E-state index contributed by atoms with van der Waals surface area (Å²) >= 11 is 6.40. The number of ether oxygens (including phenoxy) is 1. The van der Waals surface area contributed by atoms with Gasteiger partial charge >= 0.3 is 0 Å². The van der Waals surface area contributed by atoms with Crippen LogP contribution in [0.2, 0.25) is 5.02 Å². The number of anilines is 1. The molecule has 172 valence electrons. The number of amides is 1. The van der Waals surface area contributed by atoms with Crippen molar-refractivity contribution in [1.29, 1.82) is 0 Å². The number of halogens is 1. The van der Waals surface area contributed by atoms with Crippen LogP contribution in [0.4, 0.5) is 5.82 Å². The first-order valence-electron chi connectivity index (χ1n) is 10.6. The van der Waals surface area contributed by atoms with Gasteiger partial charge in [-0.15, -0.1) is 0 Å². The highest BCUT2D eigenvalue weighted by Crippen LogP contribution is 2.27. The Morgan fingerprint density at radius 2 is 2.06 bits per heavy atom. The van der Waals surface area contributed by atoms with E-state index < -0.39 is 0 Å². The van der Waals surface area contributed by atoms with Gasteiger partial charge in [0.1, 0.15) is 17.6 Å². The fourth-order valence-electron chi connectivity index (χ4n) is 3.99. The predicted octanol–water partition coefficient (Wildman–Crippen LogP) is 3.84. The summed E-state index contributed by atoms with van der Waals surface area (Å²) in [6.07, 6.45) is 3.10. The lowest BCUT2D eigenvalue weighted by molar-refractivity contribution is 0.0950. The number of methoxy groups -OCH3 is 1. The highest BCUT2D eigenvalue weighted by Gasteiger charge is 2.14. The van der Waals surface area contributed by atoms with E-state index in [0.29, 0.717) is 46.4 Å². The van der Waals surface area contributed by atoms with Crippen molar-refractivity contribution < 1.29 is 9.53 Å². The van der Waals surface area contributed by atoms with Gasteiger partial charge in [0.2, 0.25) is 0 Å². The summed E-state index contributed by atoms with van der Waals surface area (Å²) < 4.78 is 7.21. The average Bonchev–Trinajstić information content (AvgIpc) is 3.42. The van der Waals surface area contributed by atoms with E-state index in [9.17, 15) is 4.79 Å². The molecule has 0 radical (unpaired) electrons. The van der Waals surface area contributed by atoms with Crippen molar-refractivity contribution >= 4 is 45.4 Å². The monoisotopic (exact) mass is 475 g/mol. The molecule has 2 aromatic carbocycles. The van der Waals surface area contributed by atoms with E-state index in [0.717, 1.165) is 27.7 Å². The number of hydrogen-bond donors (Lipinski definition) is 3. The minimum absolute atomic E-state index is 0.183. The predicted molar refractivity (Wildman–Crippen MR) is 131 cm³/mol. The van der Waals surface area contributed by atoms with Crippen molar-refractivity contribution in [1.82, 2.24) is 29.8 Å². The third kappa shape index (κ3) is 4.01.